The van der Waals surface area contributed by atoms with Gasteiger partial charge >= 0.3 is 0 Å². The smallest absolute Gasteiger partial charge is 0.245 e. The minimum Gasteiger partial charge on any atom is -0.342 e. The zero-order valence-corrected chi connectivity index (χ0v) is 11.4. The molecule has 1 saturated heterocycles. The van der Waals surface area contributed by atoms with Gasteiger partial charge in [-0.25, -0.2) is 0 Å². The van der Waals surface area contributed by atoms with Gasteiger partial charge in [0.05, 0.1) is 0 Å². The van der Waals surface area contributed by atoms with Gasteiger partial charge in [0, 0.05) is 13.0 Å². The third-order valence-electron chi connectivity index (χ3n) is 3.17. The Hall–Kier alpha value is -1.50. The van der Waals surface area contributed by atoms with Crippen molar-refractivity contribution in [3.63, 3.8) is 0 Å². The van der Waals surface area contributed by atoms with Crippen LogP contribution in [0.15, 0.2) is 0 Å². The second kappa shape index (κ2) is 6.44. The molecule has 4 nitrogen and oxygen atoms in total. The molecule has 0 aromatic carbocycles. The molecule has 0 aromatic heterocycles. The van der Waals surface area contributed by atoms with E-state index in [2.05, 4.69) is 11.2 Å². The molecule has 1 fully saturated rings. The zero-order valence-electron chi connectivity index (χ0n) is 11.4. The number of terminal acetylenes is 1. The third kappa shape index (κ3) is 3.25. The number of nitrogens with one attached hydrogen (secondary N) is 1. The second-order valence-corrected chi connectivity index (χ2v) is 5.10. The van der Waals surface area contributed by atoms with Gasteiger partial charge < -0.3 is 10.2 Å². The molecule has 2 amide bonds. The molecule has 1 heterocycles. The number of nitrogens with zero attached hydrogens (tertiary/aromatic N) is 1. The maximum absolute atomic E-state index is 12.3. The van der Waals surface area contributed by atoms with Crippen molar-refractivity contribution in [3.05, 3.63) is 0 Å². The van der Waals surface area contributed by atoms with Crippen LogP contribution in [0.25, 0.3) is 0 Å². The van der Waals surface area contributed by atoms with E-state index in [-0.39, 0.29) is 17.9 Å². The van der Waals surface area contributed by atoms with E-state index in [0.29, 0.717) is 31.7 Å². The van der Waals surface area contributed by atoms with Crippen molar-refractivity contribution in [1.29, 1.82) is 0 Å². The van der Waals surface area contributed by atoms with Crippen LogP contribution in [0.1, 0.15) is 40.0 Å². The van der Waals surface area contributed by atoms with Gasteiger partial charge in [-0.05, 0) is 18.8 Å². The quantitative estimate of drug-likeness (QED) is 0.744. The highest BCUT2D eigenvalue weighted by Crippen LogP contribution is 2.17. The van der Waals surface area contributed by atoms with Gasteiger partial charge in [0.1, 0.15) is 12.1 Å². The highest BCUT2D eigenvalue weighted by Gasteiger charge is 2.39. The molecule has 0 saturated carbocycles. The van der Waals surface area contributed by atoms with Crippen LogP contribution in [0.3, 0.4) is 0 Å². The van der Waals surface area contributed by atoms with Crippen LogP contribution in [0.4, 0.5) is 0 Å². The molecule has 4 heteroatoms. The molecular formula is C14H22N2O2. The Morgan fingerprint density at radius 1 is 1.44 bits per heavy atom. The minimum atomic E-state index is -0.391. The Morgan fingerprint density at radius 3 is 2.61 bits per heavy atom. The maximum Gasteiger partial charge on any atom is 0.245 e. The average Bonchev–Trinajstić information content (AvgIpc) is 2.30. The standard InChI is InChI=1S/C14H22N2O2/c1-5-7-8-16-12(6-2)13(17)15-11(14(16)18)9-10(3)4/h1,10-12H,6-9H2,2-4H3,(H,15,17). The normalized spacial score (nSPS) is 24.1. The van der Waals surface area contributed by atoms with E-state index in [9.17, 15) is 9.59 Å². The van der Waals surface area contributed by atoms with Crippen molar-refractivity contribution in [3.8, 4) is 12.3 Å². The Balaban J connectivity index is 2.83. The molecule has 0 radical (unpaired) electrons. The first-order chi connectivity index (χ1) is 8.51. The molecule has 0 spiro atoms. The van der Waals surface area contributed by atoms with Crippen molar-refractivity contribution in [2.75, 3.05) is 6.54 Å². The fraction of sp³-hybridized carbons (Fsp3) is 0.714. The summed E-state index contributed by atoms with van der Waals surface area (Å²) in [6, 6.07) is -0.757. The second-order valence-electron chi connectivity index (χ2n) is 5.10. The fourth-order valence-corrected chi connectivity index (χ4v) is 2.31. The lowest BCUT2D eigenvalue weighted by Crippen LogP contribution is -2.63. The summed E-state index contributed by atoms with van der Waals surface area (Å²) in [4.78, 5) is 25.9. The number of piperazine rings is 1. The average molecular weight is 250 g/mol. The highest BCUT2D eigenvalue weighted by atomic mass is 16.2. The summed E-state index contributed by atoms with van der Waals surface area (Å²) in [5.41, 5.74) is 0. The van der Waals surface area contributed by atoms with Gasteiger partial charge in [0.2, 0.25) is 11.8 Å². The monoisotopic (exact) mass is 250 g/mol. The number of rotatable bonds is 5. The molecule has 2 unspecified atom stereocenters. The van der Waals surface area contributed by atoms with Crippen molar-refractivity contribution in [2.24, 2.45) is 5.92 Å². The summed E-state index contributed by atoms with van der Waals surface area (Å²) in [5, 5.41) is 2.82. The summed E-state index contributed by atoms with van der Waals surface area (Å²) < 4.78 is 0. The summed E-state index contributed by atoms with van der Waals surface area (Å²) in [6.45, 7) is 6.45. The highest BCUT2D eigenvalue weighted by molar-refractivity contribution is 5.96. The van der Waals surface area contributed by atoms with Crippen molar-refractivity contribution in [1.82, 2.24) is 10.2 Å². The summed E-state index contributed by atoms with van der Waals surface area (Å²) in [5.74, 6) is 2.84. The van der Waals surface area contributed by atoms with Gasteiger partial charge in [-0.3, -0.25) is 9.59 Å². The predicted octanol–water partition coefficient (Wildman–Crippen LogP) is 1.16. The number of amides is 2. The Kier molecular flexibility index (Phi) is 5.21. The fourth-order valence-electron chi connectivity index (χ4n) is 2.31. The molecule has 1 aliphatic rings. The van der Waals surface area contributed by atoms with Crippen LogP contribution in [-0.2, 0) is 9.59 Å². The number of carbonyl (C=O) groups excluding carboxylic acids is 2. The number of hydrogen-bond donors (Lipinski definition) is 1. The van der Waals surface area contributed by atoms with Crippen molar-refractivity contribution < 1.29 is 9.59 Å². The number of hydrogen-bond acceptors (Lipinski definition) is 2. The van der Waals surface area contributed by atoms with Crippen LogP contribution in [-0.4, -0.2) is 35.3 Å². The van der Waals surface area contributed by atoms with Crippen molar-refractivity contribution >= 4 is 11.8 Å². The lowest BCUT2D eigenvalue weighted by atomic mass is 9.97. The summed E-state index contributed by atoms with van der Waals surface area (Å²) in [6.07, 6.45) is 7.03. The third-order valence-corrected chi connectivity index (χ3v) is 3.17. The molecule has 1 rings (SSSR count). The van der Waals surface area contributed by atoms with Crippen LogP contribution in [0, 0.1) is 18.3 Å². The molecule has 2 atom stereocenters. The Morgan fingerprint density at radius 2 is 2.11 bits per heavy atom. The summed E-state index contributed by atoms with van der Waals surface area (Å²) >= 11 is 0. The topological polar surface area (TPSA) is 49.4 Å². The minimum absolute atomic E-state index is 0.00500. The molecule has 0 aromatic rings. The van der Waals surface area contributed by atoms with Crippen LogP contribution in [0.2, 0.25) is 0 Å². The van der Waals surface area contributed by atoms with Gasteiger partial charge in [-0.1, -0.05) is 20.8 Å². The van der Waals surface area contributed by atoms with Crippen LogP contribution < -0.4 is 5.32 Å². The Labute approximate surface area is 109 Å². The van der Waals surface area contributed by atoms with E-state index < -0.39 is 6.04 Å². The lowest BCUT2D eigenvalue weighted by molar-refractivity contribution is -0.149. The lowest BCUT2D eigenvalue weighted by Gasteiger charge is -2.39. The van der Waals surface area contributed by atoms with E-state index in [0.717, 1.165) is 0 Å². The maximum atomic E-state index is 12.3. The molecule has 1 aliphatic heterocycles. The SMILES string of the molecule is C#CCCN1C(=O)C(CC(C)C)NC(=O)C1CC. The van der Waals surface area contributed by atoms with E-state index in [1.807, 2.05) is 20.8 Å². The van der Waals surface area contributed by atoms with E-state index in [4.69, 9.17) is 6.42 Å². The molecule has 18 heavy (non-hydrogen) atoms. The van der Waals surface area contributed by atoms with E-state index in [1.54, 1.807) is 4.90 Å². The molecule has 0 aliphatic carbocycles. The zero-order chi connectivity index (χ0) is 13.7. The van der Waals surface area contributed by atoms with Crippen molar-refractivity contribution in [2.45, 2.75) is 52.1 Å². The van der Waals surface area contributed by atoms with Gasteiger partial charge in [0.25, 0.3) is 0 Å². The predicted molar refractivity (Wildman–Crippen MR) is 70.6 cm³/mol. The molecule has 0 bridgehead atoms. The largest absolute Gasteiger partial charge is 0.342 e. The van der Waals surface area contributed by atoms with Gasteiger partial charge in [-0.15, -0.1) is 12.3 Å². The first-order valence-electron chi connectivity index (χ1n) is 6.55. The van der Waals surface area contributed by atoms with E-state index >= 15 is 0 Å². The van der Waals surface area contributed by atoms with Crippen LogP contribution >= 0.6 is 0 Å². The molecular weight excluding hydrogens is 228 g/mol. The van der Waals surface area contributed by atoms with E-state index in [1.165, 1.54) is 0 Å². The van der Waals surface area contributed by atoms with Gasteiger partial charge in [0.15, 0.2) is 0 Å². The first kappa shape index (κ1) is 14.6. The Bertz CT molecular complexity index is 357. The van der Waals surface area contributed by atoms with Crippen LogP contribution in [0.5, 0.6) is 0 Å². The summed E-state index contributed by atoms with van der Waals surface area (Å²) in [7, 11) is 0. The molecule has 1 N–H and O–H groups in total. The number of carbonyl (C=O) groups is 2. The van der Waals surface area contributed by atoms with Gasteiger partial charge in [-0.2, -0.15) is 0 Å². The molecule has 100 valence electrons. The first-order valence-corrected chi connectivity index (χ1v) is 6.55.